The van der Waals surface area contributed by atoms with Gasteiger partial charge in [-0.05, 0) is 49.2 Å². The van der Waals surface area contributed by atoms with E-state index in [1.54, 1.807) is 25.3 Å². The number of methoxy groups -OCH3 is 1. The standard InChI is InChI=1S/C27H28N4O5/c1-4-21-24(20-11-12-22(34-3)23(17-20)35-5-2)30-31(27(33)36-21)25(18-9-7-6-8-10-18)29-26(32)19-13-15-28-16-14-19/h6-17,21,25H,4-5H2,1-3H3,(H,29,32). The highest BCUT2D eigenvalue weighted by molar-refractivity contribution is 6.06. The third-order valence-electron chi connectivity index (χ3n) is 5.65. The first kappa shape index (κ1) is 24.7. The Morgan fingerprint density at radius 1 is 1.08 bits per heavy atom. The average molecular weight is 489 g/mol. The number of cyclic esters (lactones) is 1. The molecule has 2 atom stereocenters. The van der Waals surface area contributed by atoms with Crippen LogP contribution in [0.2, 0.25) is 0 Å². The Bertz CT molecular complexity index is 1230. The van der Waals surface area contributed by atoms with E-state index < -0.39 is 18.4 Å². The summed E-state index contributed by atoms with van der Waals surface area (Å²) in [5.74, 6) is 0.770. The van der Waals surface area contributed by atoms with Gasteiger partial charge in [-0.25, -0.2) is 4.79 Å². The minimum Gasteiger partial charge on any atom is -0.493 e. The van der Waals surface area contributed by atoms with E-state index in [-0.39, 0.29) is 5.91 Å². The van der Waals surface area contributed by atoms with Crippen LogP contribution in [0, 0.1) is 0 Å². The normalized spacial score (nSPS) is 16.0. The summed E-state index contributed by atoms with van der Waals surface area (Å²) in [7, 11) is 1.57. The molecule has 9 heteroatoms. The van der Waals surface area contributed by atoms with E-state index in [1.807, 2.05) is 56.3 Å². The van der Waals surface area contributed by atoms with E-state index in [4.69, 9.17) is 19.3 Å². The number of hydrazone groups is 1. The molecule has 0 saturated carbocycles. The first-order valence-corrected chi connectivity index (χ1v) is 11.7. The first-order chi connectivity index (χ1) is 17.5. The van der Waals surface area contributed by atoms with Crippen molar-refractivity contribution in [3.8, 4) is 11.5 Å². The topological polar surface area (TPSA) is 102 Å². The zero-order valence-electron chi connectivity index (χ0n) is 20.4. The van der Waals surface area contributed by atoms with E-state index in [9.17, 15) is 9.59 Å². The molecular formula is C27H28N4O5. The number of hydrogen-bond acceptors (Lipinski definition) is 7. The maximum atomic E-state index is 13.1. The van der Waals surface area contributed by atoms with Crippen LogP contribution in [-0.2, 0) is 4.74 Å². The highest BCUT2D eigenvalue weighted by Gasteiger charge is 2.36. The maximum absolute atomic E-state index is 13.1. The molecular weight excluding hydrogens is 460 g/mol. The zero-order chi connectivity index (χ0) is 25.5. The van der Waals surface area contributed by atoms with Gasteiger partial charge in [0.1, 0.15) is 11.8 Å². The van der Waals surface area contributed by atoms with Crippen molar-refractivity contribution >= 4 is 17.7 Å². The number of nitrogens with zero attached hydrogens (tertiary/aromatic N) is 3. The van der Waals surface area contributed by atoms with Gasteiger partial charge in [0.2, 0.25) is 0 Å². The lowest BCUT2D eigenvalue weighted by Gasteiger charge is -2.34. The van der Waals surface area contributed by atoms with Crippen molar-refractivity contribution in [1.82, 2.24) is 15.3 Å². The predicted octanol–water partition coefficient (Wildman–Crippen LogP) is 4.55. The third-order valence-corrected chi connectivity index (χ3v) is 5.65. The minimum absolute atomic E-state index is 0.378. The molecule has 0 aliphatic carbocycles. The molecule has 0 bridgehead atoms. The molecule has 4 rings (SSSR count). The smallest absolute Gasteiger partial charge is 0.433 e. The third kappa shape index (κ3) is 5.30. The quantitative estimate of drug-likeness (QED) is 0.474. The van der Waals surface area contributed by atoms with Crippen LogP contribution < -0.4 is 14.8 Å². The number of hydrogen-bond donors (Lipinski definition) is 1. The van der Waals surface area contributed by atoms with Crippen molar-refractivity contribution in [2.24, 2.45) is 5.10 Å². The Hall–Kier alpha value is -4.40. The fourth-order valence-electron chi connectivity index (χ4n) is 3.87. The van der Waals surface area contributed by atoms with E-state index in [2.05, 4.69) is 10.3 Å². The fourth-order valence-corrected chi connectivity index (χ4v) is 3.87. The summed E-state index contributed by atoms with van der Waals surface area (Å²) in [5.41, 5.74) is 2.33. The van der Waals surface area contributed by atoms with E-state index >= 15 is 0 Å². The molecule has 0 fully saturated rings. The van der Waals surface area contributed by atoms with Gasteiger partial charge in [-0.15, -0.1) is 0 Å². The summed E-state index contributed by atoms with van der Waals surface area (Å²) in [4.78, 5) is 30.1. The SMILES string of the molecule is CCOc1cc(C2=NN(C(NC(=O)c3ccncc3)c3ccccc3)C(=O)OC2CC)ccc1OC. The number of carbonyl (C=O) groups is 2. The summed E-state index contributed by atoms with van der Waals surface area (Å²) in [6.07, 6.45) is 1.45. The van der Waals surface area contributed by atoms with Crippen molar-refractivity contribution in [2.75, 3.05) is 13.7 Å². The van der Waals surface area contributed by atoms with E-state index in [0.717, 1.165) is 5.56 Å². The van der Waals surface area contributed by atoms with Crippen LogP contribution in [0.5, 0.6) is 11.5 Å². The summed E-state index contributed by atoms with van der Waals surface area (Å²) < 4.78 is 16.9. The number of pyridine rings is 1. The Balaban J connectivity index is 1.76. The summed E-state index contributed by atoms with van der Waals surface area (Å²) in [6.45, 7) is 4.26. The van der Waals surface area contributed by atoms with Gasteiger partial charge in [0.15, 0.2) is 17.7 Å². The monoisotopic (exact) mass is 488 g/mol. The number of benzene rings is 2. The van der Waals surface area contributed by atoms with Crippen molar-refractivity contribution in [3.63, 3.8) is 0 Å². The highest BCUT2D eigenvalue weighted by Crippen LogP contribution is 2.31. The number of ether oxygens (including phenoxy) is 3. The molecule has 2 aromatic carbocycles. The molecule has 9 nitrogen and oxygen atoms in total. The molecule has 1 aromatic heterocycles. The maximum Gasteiger partial charge on any atom is 0.433 e. The van der Waals surface area contributed by atoms with Gasteiger partial charge in [0, 0.05) is 23.5 Å². The van der Waals surface area contributed by atoms with E-state index in [1.165, 1.54) is 17.4 Å². The molecule has 1 N–H and O–H groups in total. The molecule has 0 radical (unpaired) electrons. The molecule has 2 unspecified atom stereocenters. The van der Waals surface area contributed by atoms with Crippen LogP contribution in [0.4, 0.5) is 4.79 Å². The number of carbonyl (C=O) groups excluding carboxylic acids is 2. The Morgan fingerprint density at radius 3 is 2.50 bits per heavy atom. The second kappa shape index (κ2) is 11.4. The van der Waals surface area contributed by atoms with Crippen molar-refractivity contribution in [2.45, 2.75) is 32.5 Å². The lowest BCUT2D eigenvalue weighted by Crippen LogP contribution is -2.48. The van der Waals surface area contributed by atoms with Gasteiger partial charge < -0.3 is 19.5 Å². The predicted molar refractivity (Wildman–Crippen MR) is 134 cm³/mol. The van der Waals surface area contributed by atoms with Crippen LogP contribution in [-0.4, -0.2) is 47.5 Å². The van der Waals surface area contributed by atoms with Crippen molar-refractivity contribution < 1.29 is 23.8 Å². The number of amides is 2. The average Bonchev–Trinajstić information content (AvgIpc) is 2.92. The highest BCUT2D eigenvalue weighted by atomic mass is 16.6. The van der Waals surface area contributed by atoms with Crippen molar-refractivity contribution in [3.05, 3.63) is 89.7 Å². The van der Waals surface area contributed by atoms with Gasteiger partial charge in [-0.3, -0.25) is 9.78 Å². The van der Waals surface area contributed by atoms with Crippen LogP contribution in [0.15, 0.2) is 78.2 Å². The molecule has 1 aliphatic heterocycles. The summed E-state index contributed by atoms with van der Waals surface area (Å²) in [5, 5.41) is 8.80. The molecule has 186 valence electrons. The van der Waals surface area contributed by atoms with Crippen LogP contribution >= 0.6 is 0 Å². The van der Waals surface area contributed by atoms with Crippen LogP contribution in [0.3, 0.4) is 0 Å². The van der Waals surface area contributed by atoms with Gasteiger partial charge >= 0.3 is 6.09 Å². The second-order valence-electron chi connectivity index (χ2n) is 7.93. The Kier molecular flexibility index (Phi) is 7.79. The summed E-state index contributed by atoms with van der Waals surface area (Å²) >= 11 is 0. The number of rotatable bonds is 9. The molecule has 0 saturated heterocycles. The summed E-state index contributed by atoms with van der Waals surface area (Å²) in [6, 6.07) is 17.8. The largest absolute Gasteiger partial charge is 0.493 e. The van der Waals surface area contributed by atoms with Crippen LogP contribution in [0.1, 0.15) is 47.9 Å². The Morgan fingerprint density at radius 2 is 1.83 bits per heavy atom. The minimum atomic E-state index is -0.906. The molecule has 0 spiro atoms. The number of nitrogens with one attached hydrogen (secondary N) is 1. The van der Waals surface area contributed by atoms with E-state index in [0.29, 0.717) is 41.4 Å². The molecule has 36 heavy (non-hydrogen) atoms. The fraction of sp³-hybridized carbons (Fsp3) is 0.259. The second-order valence-corrected chi connectivity index (χ2v) is 7.93. The molecule has 2 amide bonds. The van der Waals surface area contributed by atoms with Crippen LogP contribution in [0.25, 0.3) is 0 Å². The van der Waals surface area contributed by atoms with Gasteiger partial charge in [-0.1, -0.05) is 37.3 Å². The molecule has 2 heterocycles. The van der Waals surface area contributed by atoms with Gasteiger partial charge in [0.05, 0.1) is 13.7 Å². The lowest BCUT2D eigenvalue weighted by molar-refractivity contribution is 0.0493. The lowest BCUT2D eigenvalue weighted by atomic mass is 10.0. The first-order valence-electron chi connectivity index (χ1n) is 11.7. The Labute approximate surface area is 209 Å². The van der Waals surface area contributed by atoms with Crippen molar-refractivity contribution in [1.29, 1.82) is 0 Å². The zero-order valence-corrected chi connectivity index (χ0v) is 20.4. The molecule has 3 aromatic rings. The molecule has 1 aliphatic rings. The number of aromatic nitrogens is 1. The van der Waals surface area contributed by atoms with Gasteiger partial charge in [-0.2, -0.15) is 10.1 Å². The van der Waals surface area contributed by atoms with Gasteiger partial charge in [0.25, 0.3) is 5.91 Å².